The molecule has 1 fully saturated rings. The number of hydrogen-bond acceptors (Lipinski definition) is 4. The third-order valence-corrected chi connectivity index (χ3v) is 4.94. The second-order valence-electron chi connectivity index (χ2n) is 6.89. The van der Waals surface area contributed by atoms with E-state index in [0.29, 0.717) is 12.1 Å². The summed E-state index contributed by atoms with van der Waals surface area (Å²) in [5.74, 6) is 0.0465. The fraction of sp³-hybridized carbons (Fsp3) is 0.286. The zero-order valence-corrected chi connectivity index (χ0v) is 15.6. The number of pyridine rings is 1. The van der Waals surface area contributed by atoms with E-state index in [-0.39, 0.29) is 11.9 Å². The fourth-order valence-electron chi connectivity index (χ4n) is 3.62. The Morgan fingerprint density at radius 3 is 2.67 bits per heavy atom. The molecule has 1 aliphatic heterocycles. The third-order valence-electron chi connectivity index (χ3n) is 4.94. The molecule has 138 valence electrons. The number of amides is 1. The van der Waals surface area contributed by atoms with Gasteiger partial charge in [0, 0.05) is 43.3 Å². The highest BCUT2D eigenvalue weighted by molar-refractivity contribution is 5.94. The van der Waals surface area contributed by atoms with Gasteiger partial charge in [-0.3, -0.25) is 9.78 Å². The molecule has 4 rings (SSSR count). The first-order valence-corrected chi connectivity index (χ1v) is 9.19. The summed E-state index contributed by atoms with van der Waals surface area (Å²) in [6, 6.07) is 13.6. The average Bonchev–Trinajstić information content (AvgIpc) is 3.06. The molecule has 1 amide bonds. The number of nitrogens with one attached hydrogen (secondary N) is 1. The summed E-state index contributed by atoms with van der Waals surface area (Å²) in [5.41, 5.74) is 4.76. The van der Waals surface area contributed by atoms with E-state index in [0.717, 1.165) is 35.7 Å². The van der Waals surface area contributed by atoms with Crippen LogP contribution in [0.5, 0.6) is 0 Å². The molecular weight excluding hydrogens is 338 g/mol. The summed E-state index contributed by atoms with van der Waals surface area (Å²) in [6.45, 7) is 6.22. The minimum atomic E-state index is -0.00404. The molecule has 6 nitrogen and oxygen atoms in total. The molecule has 1 saturated heterocycles. The molecule has 1 aliphatic rings. The molecule has 3 aromatic rings. The van der Waals surface area contributed by atoms with Crippen LogP contribution < -0.4 is 5.32 Å². The van der Waals surface area contributed by atoms with Gasteiger partial charge in [-0.15, -0.1) is 0 Å². The summed E-state index contributed by atoms with van der Waals surface area (Å²) in [6.07, 6.45) is 3.59. The minimum Gasteiger partial charge on any atom is -0.329 e. The van der Waals surface area contributed by atoms with Gasteiger partial charge in [0.1, 0.15) is 0 Å². The Labute approximate surface area is 158 Å². The lowest BCUT2D eigenvalue weighted by atomic mass is 10.0. The average molecular weight is 361 g/mol. The molecule has 27 heavy (non-hydrogen) atoms. The Morgan fingerprint density at radius 2 is 2.00 bits per heavy atom. The van der Waals surface area contributed by atoms with Crippen molar-refractivity contribution in [3.8, 4) is 5.69 Å². The van der Waals surface area contributed by atoms with Crippen LogP contribution in [0.4, 0.5) is 0 Å². The van der Waals surface area contributed by atoms with Crippen molar-refractivity contribution in [1.29, 1.82) is 0 Å². The Hall–Kier alpha value is -2.99. The maximum Gasteiger partial charge on any atom is 0.254 e. The van der Waals surface area contributed by atoms with Crippen molar-refractivity contribution < 1.29 is 4.79 Å². The van der Waals surface area contributed by atoms with Crippen LogP contribution in [0.15, 0.2) is 54.9 Å². The Kier molecular flexibility index (Phi) is 4.73. The van der Waals surface area contributed by atoms with Crippen molar-refractivity contribution in [2.45, 2.75) is 19.9 Å². The minimum absolute atomic E-state index is 0.00404. The van der Waals surface area contributed by atoms with Gasteiger partial charge in [-0.25, -0.2) is 4.68 Å². The van der Waals surface area contributed by atoms with E-state index >= 15 is 0 Å². The van der Waals surface area contributed by atoms with Crippen molar-refractivity contribution >= 4 is 5.91 Å². The largest absolute Gasteiger partial charge is 0.329 e. The lowest BCUT2D eigenvalue weighted by Crippen LogP contribution is -2.48. The van der Waals surface area contributed by atoms with Gasteiger partial charge in [0.25, 0.3) is 5.91 Å². The lowest BCUT2D eigenvalue weighted by Gasteiger charge is -2.36. The van der Waals surface area contributed by atoms with Crippen LogP contribution in [0.2, 0.25) is 0 Å². The molecule has 2 aromatic heterocycles. The van der Waals surface area contributed by atoms with E-state index in [9.17, 15) is 4.79 Å². The van der Waals surface area contributed by atoms with Gasteiger partial charge in [-0.1, -0.05) is 6.07 Å². The number of carbonyl (C=O) groups is 1. The number of rotatable bonds is 3. The van der Waals surface area contributed by atoms with Gasteiger partial charge < -0.3 is 10.2 Å². The maximum absolute atomic E-state index is 13.2. The summed E-state index contributed by atoms with van der Waals surface area (Å²) in [4.78, 5) is 19.3. The predicted molar refractivity (Wildman–Crippen MR) is 104 cm³/mol. The van der Waals surface area contributed by atoms with Gasteiger partial charge in [0.2, 0.25) is 0 Å². The summed E-state index contributed by atoms with van der Waals surface area (Å²) >= 11 is 0. The maximum atomic E-state index is 13.2. The topological polar surface area (TPSA) is 63.1 Å². The van der Waals surface area contributed by atoms with Crippen molar-refractivity contribution in [3.05, 3.63) is 77.4 Å². The summed E-state index contributed by atoms with van der Waals surface area (Å²) < 4.78 is 1.90. The third kappa shape index (κ3) is 3.48. The quantitative estimate of drug-likeness (QED) is 0.779. The summed E-state index contributed by atoms with van der Waals surface area (Å²) in [7, 11) is 0. The highest BCUT2D eigenvalue weighted by Crippen LogP contribution is 2.24. The van der Waals surface area contributed by atoms with Crippen molar-refractivity contribution in [3.63, 3.8) is 0 Å². The van der Waals surface area contributed by atoms with Gasteiger partial charge in [0.05, 0.1) is 17.4 Å². The van der Waals surface area contributed by atoms with Crippen LogP contribution in [0.25, 0.3) is 5.69 Å². The zero-order valence-electron chi connectivity index (χ0n) is 15.6. The molecule has 6 heteroatoms. The van der Waals surface area contributed by atoms with Crippen LogP contribution in [0, 0.1) is 13.8 Å². The first-order chi connectivity index (χ1) is 13.1. The van der Waals surface area contributed by atoms with Crippen LogP contribution in [0.1, 0.15) is 33.4 Å². The number of piperazine rings is 1. The molecule has 3 heterocycles. The zero-order chi connectivity index (χ0) is 18.8. The molecular formula is C21H23N5O. The Morgan fingerprint density at radius 1 is 1.19 bits per heavy atom. The van der Waals surface area contributed by atoms with Crippen molar-refractivity contribution in [2.24, 2.45) is 0 Å². The van der Waals surface area contributed by atoms with Crippen molar-refractivity contribution in [2.75, 3.05) is 19.6 Å². The number of nitrogens with zero attached hydrogens (tertiary/aromatic N) is 4. The highest BCUT2D eigenvalue weighted by Gasteiger charge is 2.28. The van der Waals surface area contributed by atoms with E-state index in [1.807, 2.05) is 72.1 Å². The molecule has 0 radical (unpaired) electrons. The summed E-state index contributed by atoms with van der Waals surface area (Å²) in [5, 5.41) is 7.88. The number of aromatic nitrogens is 3. The van der Waals surface area contributed by atoms with E-state index in [1.165, 1.54) is 0 Å². The smallest absolute Gasteiger partial charge is 0.254 e. The van der Waals surface area contributed by atoms with E-state index in [2.05, 4.69) is 15.4 Å². The van der Waals surface area contributed by atoms with Crippen LogP contribution in [0.3, 0.4) is 0 Å². The fourth-order valence-corrected chi connectivity index (χ4v) is 3.62. The second-order valence-corrected chi connectivity index (χ2v) is 6.89. The van der Waals surface area contributed by atoms with Gasteiger partial charge in [-0.2, -0.15) is 5.10 Å². The Bertz CT molecular complexity index is 933. The standard InChI is InChI=1S/C21H23N5O/c1-15-12-16(2)26(24-15)19-7-5-17(6-8-19)21(27)25-11-10-23-14-20(25)18-4-3-9-22-13-18/h3-9,12-13,20,23H,10-11,14H2,1-2H3. The first-order valence-electron chi connectivity index (χ1n) is 9.19. The van der Waals surface area contributed by atoms with Crippen LogP contribution in [-0.4, -0.2) is 45.2 Å². The lowest BCUT2D eigenvalue weighted by molar-refractivity contribution is 0.0634. The molecule has 1 N–H and O–H groups in total. The molecule has 0 saturated carbocycles. The molecule has 0 bridgehead atoms. The molecule has 0 aliphatic carbocycles. The first kappa shape index (κ1) is 17.4. The van der Waals surface area contributed by atoms with E-state index in [1.54, 1.807) is 6.20 Å². The predicted octanol–water partition coefficient (Wildman–Crippen LogP) is 2.67. The number of benzene rings is 1. The van der Waals surface area contributed by atoms with Crippen molar-refractivity contribution in [1.82, 2.24) is 25.0 Å². The van der Waals surface area contributed by atoms with Gasteiger partial charge in [-0.05, 0) is 55.8 Å². The SMILES string of the molecule is Cc1cc(C)n(-c2ccc(C(=O)N3CCNCC3c3cccnc3)cc2)n1. The number of aryl methyl sites for hydroxylation is 2. The van der Waals surface area contributed by atoms with E-state index in [4.69, 9.17) is 0 Å². The van der Waals surface area contributed by atoms with Crippen LogP contribution in [-0.2, 0) is 0 Å². The Balaban J connectivity index is 1.59. The molecule has 1 atom stereocenters. The molecule has 1 aromatic carbocycles. The normalized spacial score (nSPS) is 17.1. The second kappa shape index (κ2) is 7.32. The molecule has 1 unspecified atom stereocenters. The van der Waals surface area contributed by atoms with Gasteiger partial charge >= 0.3 is 0 Å². The number of carbonyl (C=O) groups excluding carboxylic acids is 1. The van der Waals surface area contributed by atoms with E-state index < -0.39 is 0 Å². The molecule has 0 spiro atoms. The van der Waals surface area contributed by atoms with Crippen LogP contribution >= 0.6 is 0 Å². The highest BCUT2D eigenvalue weighted by atomic mass is 16.2. The number of hydrogen-bond donors (Lipinski definition) is 1. The monoisotopic (exact) mass is 361 g/mol. The van der Waals surface area contributed by atoms with Gasteiger partial charge in [0.15, 0.2) is 0 Å².